The van der Waals surface area contributed by atoms with Crippen LogP contribution < -0.4 is 4.72 Å². The Bertz CT molecular complexity index is 1260. The third-order valence-corrected chi connectivity index (χ3v) is 6.68. The van der Waals surface area contributed by atoms with Gasteiger partial charge in [0.1, 0.15) is 41.5 Å². The van der Waals surface area contributed by atoms with E-state index in [1.54, 1.807) is 4.57 Å². The molecule has 1 aliphatic rings. The van der Waals surface area contributed by atoms with Crippen LogP contribution in [0, 0.1) is 17.1 Å². The van der Waals surface area contributed by atoms with E-state index in [9.17, 15) is 26.9 Å². The number of nitrogens with one attached hydrogen (secondary N) is 1. The monoisotopic (exact) mass is 450 g/mol. The lowest BCUT2D eigenvalue weighted by Crippen LogP contribution is -2.38. The molecule has 0 aliphatic heterocycles. The van der Waals surface area contributed by atoms with Crippen molar-refractivity contribution in [1.82, 2.24) is 24.2 Å². The van der Waals surface area contributed by atoms with Crippen LogP contribution in [0.1, 0.15) is 30.9 Å². The Balaban J connectivity index is 1.81. The summed E-state index contributed by atoms with van der Waals surface area (Å²) in [6.07, 6.45) is 5.72. The lowest BCUT2D eigenvalue weighted by atomic mass is 9.92. The fourth-order valence-electron chi connectivity index (χ4n) is 3.46. The molecule has 1 saturated carbocycles. The van der Waals surface area contributed by atoms with E-state index in [0.717, 1.165) is 37.9 Å². The largest absolute Gasteiger partial charge is 0.318 e. The molecule has 0 bridgehead atoms. The minimum atomic E-state index is -4.24. The van der Waals surface area contributed by atoms with Crippen LogP contribution in [0.5, 0.6) is 0 Å². The lowest BCUT2D eigenvalue weighted by molar-refractivity contribution is 0.322. The first-order chi connectivity index (χ1) is 14.9. The number of sulfonamides is 1. The standard InChI is InChI=1S/C19H17F3N6O2S/c20-5-12(6-21)27-31(29,30)14-9-24-18(25-10-14)17-16(7-23)15-4-11(22)8-26-19(15)28(17)13-2-1-3-13/h4,8-10,12-13,27H,1-3,5-6H2. The van der Waals surface area contributed by atoms with Crippen LogP contribution >= 0.6 is 0 Å². The summed E-state index contributed by atoms with van der Waals surface area (Å²) in [6, 6.07) is 1.80. The summed E-state index contributed by atoms with van der Waals surface area (Å²) < 4.78 is 67.5. The first kappa shape index (κ1) is 21.2. The number of nitriles is 1. The van der Waals surface area contributed by atoms with Crippen molar-refractivity contribution < 1.29 is 21.6 Å². The van der Waals surface area contributed by atoms with Gasteiger partial charge < -0.3 is 4.57 Å². The summed E-state index contributed by atoms with van der Waals surface area (Å²) in [5.74, 6) is -0.529. The van der Waals surface area contributed by atoms with Gasteiger partial charge in [0, 0.05) is 11.4 Å². The summed E-state index contributed by atoms with van der Waals surface area (Å²) >= 11 is 0. The van der Waals surface area contributed by atoms with Gasteiger partial charge in [-0.3, -0.25) is 0 Å². The number of aromatic nitrogens is 4. The van der Waals surface area contributed by atoms with E-state index in [1.165, 1.54) is 6.07 Å². The molecule has 1 fully saturated rings. The van der Waals surface area contributed by atoms with Gasteiger partial charge in [0.05, 0.1) is 30.2 Å². The van der Waals surface area contributed by atoms with Crippen molar-refractivity contribution in [1.29, 1.82) is 5.26 Å². The van der Waals surface area contributed by atoms with E-state index in [0.29, 0.717) is 16.7 Å². The molecule has 1 N–H and O–H groups in total. The molecule has 162 valence electrons. The molecule has 3 heterocycles. The lowest BCUT2D eigenvalue weighted by Gasteiger charge is -2.29. The molecule has 0 spiro atoms. The van der Waals surface area contributed by atoms with Gasteiger partial charge in [-0.15, -0.1) is 0 Å². The van der Waals surface area contributed by atoms with Gasteiger partial charge in [0.15, 0.2) is 5.82 Å². The summed E-state index contributed by atoms with van der Waals surface area (Å²) in [7, 11) is -4.24. The molecule has 3 aromatic rings. The number of hydrogen-bond acceptors (Lipinski definition) is 6. The van der Waals surface area contributed by atoms with Crippen LogP contribution in [0.25, 0.3) is 22.6 Å². The highest BCUT2D eigenvalue weighted by atomic mass is 32.2. The molecule has 3 aromatic heterocycles. The minimum absolute atomic E-state index is 0.0288. The molecule has 0 aromatic carbocycles. The first-order valence-electron chi connectivity index (χ1n) is 9.45. The number of hydrogen-bond donors (Lipinski definition) is 1. The first-order valence-corrected chi connectivity index (χ1v) is 10.9. The summed E-state index contributed by atoms with van der Waals surface area (Å²) in [5, 5.41) is 10.1. The molecule has 0 amide bonds. The zero-order chi connectivity index (χ0) is 22.2. The van der Waals surface area contributed by atoms with Crippen LogP contribution in [0.15, 0.2) is 29.6 Å². The van der Waals surface area contributed by atoms with E-state index < -0.39 is 35.2 Å². The van der Waals surface area contributed by atoms with Crippen LogP contribution in [-0.4, -0.2) is 47.3 Å². The van der Waals surface area contributed by atoms with E-state index >= 15 is 0 Å². The number of halogens is 3. The van der Waals surface area contributed by atoms with Gasteiger partial charge in [0.2, 0.25) is 10.0 Å². The summed E-state index contributed by atoms with van der Waals surface area (Å²) in [6.45, 7) is -2.41. The molecule has 1 aliphatic carbocycles. The summed E-state index contributed by atoms with van der Waals surface area (Å²) in [4.78, 5) is 12.0. The topological polar surface area (TPSA) is 114 Å². The number of nitrogens with zero attached hydrogens (tertiary/aromatic N) is 5. The number of alkyl halides is 2. The quantitative estimate of drug-likeness (QED) is 0.592. The van der Waals surface area contributed by atoms with Crippen LogP contribution in [0.3, 0.4) is 0 Å². The van der Waals surface area contributed by atoms with Gasteiger partial charge in [-0.2, -0.15) is 5.26 Å². The van der Waals surface area contributed by atoms with Crippen molar-refractivity contribution in [2.24, 2.45) is 0 Å². The molecular formula is C19H17F3N6O2S. The maximum absolute atomic E-state index is 13.8. The van der Waals surface area contributed by atoms with Crippen molar-refractivity contribution in [2.75, 3.05) is 13.3 Å². The average molecular weight is 450 g/mol. The molecule has 4 rings (SSSR count). The number of rotatable bonds is 7. The average Bonchev–Trinajstić information content (AvgIpc) is 3.04. The fraction of sp³-hybridized carbons (Fsp3) is 0.368. The van der Waals surface area contributed by atoms with Crippen LogP contribution in [-0.2, 0) is 10.0 Å². The van der Waals surface area contributed by atoms with Crippen molar-refractivity contribution in [3.05, 3.63) is 36.0 Å². The van der Waals surface area contributed by atoms with Crippen LogP contribution in [0.2, 0.25) is 0 Å². The second kappa shape index (κ2) is 8.24. The highest BCUT2D eigenvalue weighted by Crippen LogP contribution is 2.41. The molecule has 0 saturated heterocycles. The molecule has 8 nitrogen and oxygen atoms in total. The van der Waals surface area contributed by atoms with E-state index in [2.05, 4.69) is 21.0 Å². The molecule has 31 heavy (non-hydrogen) atoms. The fourth-order valence-corrected chi connectivity index (χ4v) is 4.55. The van der Waals surface area contributed by atoms with Gasteiger partial charge in [-0.05, 0) is 25.3 Å². The molecule has 12 heteroatoms. The second-order valence-corrected chi connectivity index (χ2v) is 8.90. The molecule has 0 atom stereocenters. The minimum Gasteiger partial charge on any atom is -0.318 e. The smallest absolute Gasteiger partial charge is 0.244 e. The SMILES string of the molecule is N#Cc1c(-c2ncc(S(=O)(=O)NC(CF)CF)cn2)n(C2CCC2)c2ncc(F)cc12. The van der Waals surface area contributed by atoms with Gasteiger partial charge >= 0.3 is 0 Å². The van der Waals surface area contributed by atoms with Gasteiger partial charge in [-0.1, -0.05) is 0 Å². The predicted octanol–water partition coefficient (Wildman–Crippen LogP) is 2.81. The van der Waals surface area contributed by atoms with Crippen molar-refractivity contribution in [3.8, 4) is 17.6 Å². The van der Waals surface area contributed by atoms with E-state index in [4.69, 9.17) is 0 Å². The zero-order valence-electron chi connectivity index (χ0n) is 16.1. The van der Waals surface area contributed by atoms with Crippen LogP contribution in [0.4, 0.5) is 13.2 Å². The highest BCUT2D eigenvalue weighted by molar-refractivity contribution is 7.89. The maximum atomic E-state index is 13.8. The normalized spacial score (nSPS) is 14.7. The Morgan fingerprint density at radius 1 is 1.19 bits per heavy atom. The highest BCUT2D eigenvalue weighted by Gasteiger charge is 2.30. The Labute approximate surface area is 175 Å². The Morgan fingerprint density at radius 2 is 1.87 bits per heavy atom. The van der Waals surface area contributed by atoms with E-state index in [1.807, 2.05) is 4.72 Å². The Morgan fingerprint density at radius 3 is 2.42 bits per heavy atom. The second-order valence-electron chi connectivity index (χ2n) is 7.18. The summed E-state index contributed by atoms with van der Waals surface area (Å²) in [5.41, 5.74) is 0.883. The third-order valence-electron chi connectivity index (χ3n) is 5.20. The maximum Gasteiger partial charge on any atom is 0.244 e. The number of pyridine rings is 1. The van der Waals surface area contributed by atoms with E-state index in [-0.39, 0.29) is 22.3 Å². The zero-order valence-corrected chi connectivity index (χ0v) is 16.9. The van der Waals surface area contributed by atoms with Crippen molar-refractivity contribution in [2.45, 2.75) is 36.2 Å². The van der Waals surface area contributed by atoms with Crippen molar-refractivity contribution in [3.63, 3.8) is 0 Å². The molecular weight excluding hydrogens is 433 g/mol. The Hall–Kier alpha value is -3.04. The van der Waals surface area contributed by atoms with Gasteiger partial charge in [0.25, 0.3) is 0 Å². The predicted molar refractivity (Wildman–Crippen MR) is 104 cm³/mol. The van der Waals surface area contributed by atoms with Gasteiger partial charge in [-0.25, -0.2) is 41.3 Å². The Kier molecular flexibility index (Phi) is 5.63. The van der Waals surface area contributed by atoms with Crippen molar-refractivity contribution >= 4 is 21.1 Å². The molecule has 0 radical (unpaired) electrons. The third kappa shape index (κ3) is 3.75. The number of fused-ring (bicyclic) bond motifs is 1. The molecule has 0 unspecified atom stereocenters.